The molecular formula is C19H22N2O2. The summed E-state index contributed by atoms with van der Waals surface area (Å²) in [5.74, 6) is 0.713. The maximum atomic E-state index is 11.5. The molecule has 2 heterocycles. The second-order valence-corrected chi connectivity index (χ2v) is 6.81. The number of aliphatic hydroxyl groups excluding tert-OH is 1. The van der Waals surface area contributed by atoms with E-state index in [1.54, 1.807) is 0 Å². The van der Waals surface area contributed by atoms with Crippen LogP contribution in [0.25, 0.3) is 10.9 Å². The number of likely N-dealkylation sites (tertiary alicyclic amines) is 1. The van der Waals surface area contributed by atoms with Crippen LogP contribution >= 0.6 is 0 Å². The number of fused-ring (bicyclic) bond motifs is 2. The van der Waals surface area contributed by atoms with Crippen molar-refractivity contribution in [2.45, 2.75) is 24.8 Å². The van der Waals surface area contributed by atoms with Gasteiger partial charge in [0, 0.05) is 42.6 Å². The van der Waals surface area contributed by atoms with Crippen molar-refractivity contribution in [1.29, 1.82) is 0 Å². The van der Waals surface area contributed by atoms with Gasteiger partial charge < -0.3 is 10.1 Å². The fourth-order valence-electron chi connectivity index (χ4n) is 4.62. The van der Waals surface area contributed by atoms with Gasteiger partial charge in [-0.1, -0.05) is 18.2 Å². The van der Waals surface area contributed by atoms with E-state index < -0.39 is 0 Å². The minimum Gasteiger partial charge on any atom is -0.396 e. The SMILES string of the molecule is C=CCN1C[C@H](CO)C[C@@H]2c3cccc4[nH]c(C=O)c(c34)C[C@H]21. The predicted molar refractivity (Wildman–Crippen MR) is 90.9 cm³/mol. The standard InChI is InChI=1S/C19H22N2O2/c1-2-6-21-9-12(10-22)7-14-13-4-3-5-16-19(13)15(8-18(14)21)17(11-23)20-16/h2-5,11-12,14,18,20,22H,1,6-10H2/t12-,14-,18-/m1/s1. The quantitative estimate of drug-likeness (QED) is 0.674. The summed E-state index contributed by atoms with van der Waals surface area (Å²) in [6.07, 6.45) is 4.78. The van der Waals surface area contributed by atoms with Gasteiger partial charge in [0.05, 0.1) is 5.69 Å². The van der Waals surface area contributed by atoms with Crippen LogP contribution in [-0.2, 0) is 6.42 Å². The molecule has 2 N–H and O–H groups in total. The number of benzene rings is 1. The molecule has 0 bridgehead atoms. The van der Waals surface area contributed by atoms with E-state index in [1.807, 2.05) is 12.1 Å². The summed E-state index contributed by atoms with van der Waals surface area (Å²) in [5, 5.41) is 10.9. The second kappa shape index (κ2) is 5.62. The number of hydrogen-bond donors (Lipinski definition) is 2. The lowest BCUT2D eigenvalue weighted by atomic mass is 9.72. The Labute approximate surface area is 135 Å². The Morgan fingerprint density at radius 1 is 1.43 bits per heavy atom. The average molecular weight is 310 g/mol. The fraction of sp³-hybridized carbons (Fsp3) is 0.421. The number of H-pyrrole nitrogens is 1. The number of rotatable bonds is 4. The molecule has 1 aliphatic carbocycles. The minimum atomic E-state index is 0.229. The van der Waals surface area contributed by atoms with Crippen LogP contribution in [0, 0.1) is 5.92 Å². The number of hydrogen-bond acceptors (Lipinski definition) is 3. The fourth-order valence-corrected chi connectivity index (χ4v) is 4.62. The summed E-state index contributed by atoms with van der Waals surface area (Å²) in [6.45, 7) is 5.83. The summed E-state index contributed by atoms with van der Waals surface area (Å²) in [6, 6.07) is 6.68. The van der Waals surface area contributed by atoms with E-state index in [2.05, 4.69) is 28.6 Å². The van der Waals surface area contributed by atoms with Crippen LogP contribution in [0.5, 0.6) is 0 Å². The van der Waals surface area contributed by atoms with Crippen molar-refractivity contribution in [2.75, 3.05) is 19.7 Å². The van der Waals surface area contributed by atoms with Gasteiger partial charge >= 0.3 is 0 Å². The summed E-state index contributed by atoms with van der Waals surface area (Å²) >= 11 is 0. The number of nitrogens with one attached hydrogen (secondary N) is 1. The van der Waals surface area contributed by atoms with E-state index in [1.165, 1.54) is 10.9 Å². The Morgan fingerprint density at radius 3 is 3.04 bits per heavy atom. The number of carbonyl (C=O) groups excluding carboxylic acids is 1. The molecule has 0 saturated carbocycles. The first kappa shape index (κ1) is 14.7. The van der Waals surface area contributed by atoms with Gasteiger partial charge in [0.2, 0.25) is 0 Å². The van der Waals surface area contributed by atoms with Crippen LogP contribution in [0.2, 0.25) is 0 Å². The van der Waals surface area contributed by atoms with Crippen molar-refractivity contribution >= 4 is 17.2 Å². The molecule has 0 amide bonds. The Balaban J connectivity index is 1.86. The van der Waals surface area contributed by atoms with Gasteiger partial charge in [-0.25, -0.2) is 0 Å². The molecule has 1 saturated heterocycles. The van der Waals surface area contributed by atoms with E-state index in [0.29, 0.717) is 23.6 Å². The smallest absolute Gasteiger partial charge is 0.166 e. The molecule has 1 aromatic carbocycles. The van der Waals surface area contributed by atoms with Gasteiger partial charge in [-0.3, -0.25) is 9.69 Å². The lowest BCUT2D eigenvalue weighted by Crippen LogP contribution is -2.50. The molecule has 1 fully saturated rings. The highest BCUT2D eigenvalue weighted by molar-refractivity contribution is 5.95. The predicted octanol–water partition coefficient (Wildman–Crippen LogP) is 2.49. The zero-order valence-electron chi connectivity index (χ0n) is 13.2. The summed E-state index contributed by atoms with van der Waals surface area (Å²) in [7, 11) is 0. The average Bonchev–Trinajstić information content (AvgIpc) is 2.95. The lowest BCUT2D eigenvalue weighted by Gasteiger charge is -2.46. The molecule has 0 radical (unpaired) electrons. The third kappa shape index (κ3) is 2.17. The molecule has 23 heavy (non-hydrogen) atoms. The number of aldehydes is 1. The molecule has 4 nitrogen and oxygen atoms in total. The molecule has 2 aliphatic rings. The number of carbonyl (C=O) groups is 1. The highest BCUT2D eigenvalue weighted by Crippen LogP contribution is 2.45. The molecule has 1 aliphatic heterocycles. The van der Waals surface area contributed by atoms with Crippen molar-refractivity contribution < 1.29 is 9.90 Å². The van der Waals surface area contributed by atoms with Crippen molar-refractivity contribution in [3.05, 3.63) is 47.7 Å². The van der Waals surface area contributed by atoms with Crippen LogP contribution < -0.4 is 0 Å². The number of nitrogens with zero attached hydrogens (tertiary/aromatic N) is 1. The molecule has 2 aromatic rings. The molecule has 4 rings (SSSR count). The van der Waals surface area contributed by atoms with Crippen LogP contribution in [0.1, 0.15) is 34.0 Å². The van der Waals surface area contributed by atoms with Crippen molar-refractivity contribution in [3.8, 4) is 0 Å². The monoisotopic (exact) mass is 310 g/mol. The Hall–Kier alpha value is -1.91. The third-order valence-electron chi connectivity index (χ3n) is 5.56. The molecule has 4 heteroatoms. The normalized spacial score (nSPS) is 26.9. The van der Waals surface area contributed by atoms with Gasteiger partial charge in [-0.2, -0.15) is 0 Å². The molecule has 120 valence electrons. The number of aromatic nitrogens is 1. The maximum absolute atomic E-state index is 11.5. The number of aromatic amines is 1. The molecule has 0 unspecified atom stereocenters. The van der Waals surface area contributed by atoms with Gasteiger partial charge in [0.15, 0.2) is 6.29 Å². The van der Waals surface area contributed by atoms with E-state index in [-0.39, 0.29) is 6.61 Å². The topological polar surface area (TPSA) is 56.3 Å². The van der Waals surface area contributed by atoms with Crippen LogP contribution in [-0.4, -0.2) is 47.0 Å². The summed E-state index contributed by atoms with van der Waals surface area (Å²) in [4.78, 5) is 17.2. The molecule has 3 atom stereocenters. The third-order valence-corrected chi connectivity index (χ3v) is 5.56. The Morgan fingerprint density at radius 2 is 2.30 bits per heavy atom. The van der Waals surface area contributed by atoms with Crippen molar-refractivity contribution in [3.63, 3.8) is 0 Å². The highest BCUT2D eigenvalue weighted by atomic mass is 16.3. The van der Waals surface area contributed by atoms with E-state index in [4.69, 9.17) is 0 Å². The van der Waals surface area contributed by atoms with E-state index >= 15 is 0 Å². The Kier molecular flexibility index (Phi) is 3.58. The van der Waals surface area contributed by atoms with Gasteiger partial charge in [-0.05, 0) is 36.0 Å². The maximum Gasteiger partial charge on any atom is 0.166 e. The molecule has 1 aromatic heterocycles. The van der Waals surface area contributed by atoms with Crippen LogP contribution in [0.3, 0.4) is 0 Å². The minimum absolute atomic E-state index is 0.229. The highest BCUT2D eigenvalue weighted by Gasteiger charge is 2.40. The molecular weight excluding hydrogens is 288 g/mol. The van der Waals surface area contributed by atoms with Crippen molar-refractivity contribution in [2.24, 2.45) is 5.92 Å². The van der Waals surface area contributed by atoms with Crippen molar-refractivity contribution in [1.82, 2.24) is 9.88 Å². The second-order valence-electron chi connectivity index (χ2n) is 6.81. The number of piperidine rings is 1. The lowest BCUT2D eigenvalue weighted by molar-refractivity contribution is 0.0659. The Bertz CT molecular complexity index is 764. The van der Waals surface area contributed by atoms with E-state index in [0.717, 1.165) is 43.3 Å². The van der Waals surface area contributed by atoms with Gasteiger partial charge in [0.25, 0.3) is 0 Å². The van der Waals surface area contributed by atoms with Gasteiger partial charge in [0.1, 0.15) is 0 Å². The number of aliphatic hydroxyl groups is 1. The van der Waals surface area contributed by atoms with Crippen LogP contribution in [0.4, 0.5) is 0 Å². The molecule has 0 spiro atoms. The first-order chi connectivity index (χ1) is 11.3. The zero-order chi connectivity index (χ0) is 16.0. The largest absolute Gasteiger partial charge is 0.396 e. The first-order valence-corrected chi connectivity index (χ1v) is 8.31. The first-order valence-electron chi connectivity index (χ1n) is 8.31. The summed E-state index contributed by atoms with van der Waals surface area (Å²) < 4.78 is 0. The van der Waals surface area contributed by atoms with Crippen LogP contribution in [0.15, 0.2) is 30.9 Å². The zero-order valence-corrected chi connectivity index (χ0v) is 13.2. The van der Waals surface area contributed by atoms with Gasteiger partial charge in [-0.15, -0.1) is 6.58 Å². The summed E-state index contributed by atoms with van der Waals surface area (Å²) in [5.41, 5.74) is 4.25. The van der Waals surface area contributed by atoms with E-state index in [9.17, 15) is 9.90 Å².